The molecule has 0 saturated carbocycles. The number of benzene rings is 3. The van der Waals surface area contributed by atoms with Crippen LogP contribution in [0.2, 0.25) is 5.02 Å². The molecule has 1 aliphatic heterocycles. The van der Waals surface area contributed by atoms with Crippen molar-refractivity contribution in [2.45, 2.75) is 39.6 Å². The molecule has 2 heterocycles. The Morgan fingerprint density at radius 1 is 1.11 bits per heavy atom. The molecule has 0 fully saturated rings. The summed E-state index contributed by atoms with van der Waals surface area (Å²) in [7, 11) is 1.28. The lowest BCUT2D eigenvalue weighted by Gasteiger charge is -2.28. The number of aliphatic hydroxyl groups excluding tert-OH is 1. The van der Waals surface area contributed by atoms with Crippen molar-refractivity contribution in [2.75, 3.05) is 20.3 Å². The minimum atomic E-state index is -1.13. The predicted octanol–water partition coefficient (Wildman–Crippen LogP) is 5.17. The van der Waals surface area contributed by atoms with Crippen molar-refractivity contribution in [3.63, 3.8) is 0 Å². The molecule has 2 atom stereocenters. The minimum absolute atomic E-state index is 0.136. The van der Waals surface area contributed by atoms with Gasteiger partial charge in [-0.2, -0.15) is 5.10 Å². The van der Waals surface area contributed by atoms with Crippen molar-refractivity contribution in [1.29, 1.82) is 0 Å². The summed E-state index contributed by atoms with van der Waals surface area (Å²) in [5.41, 5.74) is 8.09. The first kappa shape index (κ1) is 32.4. The summed E-state index contributed by atoms with van der Waals surface area (Å²) in [5, 5.41) is 22.0. The van der Waals surface area contributed by atoms with Crippen molar-refractivity contribution in [3.8, 4) is 11.5 Å². The van der Waals surface area contributed by atoms with Crippen molar-refractivity contribution in [2.24, 2.45) is 5.10 Å². The van der Waals surface area contributed by atoms with Crippen LogP contribution >= 0.6 is 11.6 Å². The molecule has 2 amide bonds. The summed E-state index contributed by atoms with van der Waals surface area (Å²) in [5.74, 6) is 0.188. The van der Waals surface area contributed by atoms with Gasteiger partial charge in [0.15, 0.2) is 17.7 Å². The SMILES string of the molecule is CCOc1cc([C@@H]2NC(=O)NC(C)=C2C(=O)OC)ccc1OC[C@@H](O)N/N=C/c1c(C)n(Cc2cccc(Cl)c2)c2ccccc12. The van der Waals surface area contributed by atoms with E-state index in [4.69, 9.17) is 25.8 Å². The molecule has 1 aromatic heterocycles. The molecule has 5 rings (SSSR count). The van der Waals surface area contributed by atoms with Gasteiger partial charge in [0.25, 0.3) is 0 Å². The molecule has 0 spiro atoms. The first-order valence-electron chi connectivity index (χ1n) is 14.7. The monoisotopic (exact) mass is 645 g/mol. The highest BCUT2D eigenvalue weighted by molar-refractivity contribution is 6.30. The van der Waals surface area contributed by atoms with Crippen molar-refractivity contribution in [1.82, 2.24) is 20.6 Å². The number of hydrogen-bond acceptors (Lipinski definition) is 8. The third-order valence-electron chi connectivity index (χ3n) is 7.60. The zero-order valence-electron chi connectivity index (χ0n) is 26.0. The number of ether oxygens (including phenoxy) is 3. The van der Waals surface area contributed by atoms with Crippen LogP contribution in [0, 0.1) is 6.92 Å². The lowest BCUT2D eigenvalue weighted by Crippen LogP contribution is -2.45. The van der Waals surface area contributed by atoms with E-state index in [2.05, 4.69) is 31.8 Å². The van der Waals surface area contributed by atoms with Crippen molar-refractivity contribution in [3.05, 3.63) is 105 Å². The maximum Gasteiger partial charge on any atom is 0.337 e. The highest BCUT2D eigenvalue weighted by atomic mass is 35.5. The van der Waals surface area contributed by atoms with E-state index in [1.165, 1.54) is 7.11 Å². The number of para-hydroxylation sites is 1. The number of rotatable bonds is 12. The number of aromatic nitrogens is 1. The van der Waals surface area contributed by atoms with Crippen LogP contribution < -0.4 is 25.5 Å². The number of hydrogen-bond donors (Lipinski definition) is 4. The van der Waals surface area contributed by atoms with Crippen LogP contribution in [0.3, 0.4) is 0 Å². The molecule has 0 radical (unpaired) electrons. The second-order valence-electron chi connectivity index (χ2n) is 10.6. The van der Waals surface area contributed by atoms with Crippen molar-refractivity contribution < 1.29 is 28.9 Å². The number of urea groups is 1. The van der Waals surface area contributed by atoms with Gasteiger partial charge in [-0.15, -0.1) is 0 Å². The predicted molar refractivity (Wildman–Crippen MR) is 176 cm³/mol. The number of fused-ring (bicyclic) bond motifs is 1. The Morgan fingerprint density at radius 2 is 1.91 bits per heavy atom. The summed E-state index contributed by atoms with van der Waals surface area (Å²) in [4.78, 5) is 24.7. The van der Waals surface area contributed by atoms with Gasteiger partial charge >= 0.3 is 12.0 Å². The molecule has 4 aromatic rings. The molecule has 0 unspecified atom stereocenters. The average molecular weight is 646 g/mol. The number of carbonyl (C=O) groups is 2. The van der Waals surface area contributed by atoms with E-state index in [0.717, 1.165) is 27.7 Å². The van der Waals surface area contributed by atoms with Crippen LogP contribution in [0.5, 0.6) is 11.5 Å². The van der Waals surface area contributed by atoms with Crippen molar-refractivity contribution >= 4 is 40.7 Å². The van der Waals surface area contributed by atoms with E-state index in [1.807, 2.05) is 56.3 Å². The Morgan fingerprint density at radius 3 is 2.67 bits per heavy atom. The van der Waals surface area contributed by atoms with E-state index < -0.39 is 24.3 Å². The van der Waals surface area contributed by atoms with Gasteiger partial charge in [-0.1, -0.05) is 48.0 Å². The van der Waals surface area contributed by atoms with Crippen LogP contribution in [-0.4, -0.2) is 54.4 Å². The number of carbonyl (C=O) groups excluding carboxylic acids is 2. The third kappa shape index (κ3) is 7.11. The van der Waals surface area contributed by atoms with Crippen LogP contribution in [0.15, 0.2) is 83.1 Å². The highest BCUT2D eigenvalue weighted by Crippen LogP contribution is 2.35. The summed E-state index contributed by atoms with van der Waals surface area (Å²) in [6.45, 7) is 6.34. The van der Waals surface area contributed by atoms with E-state index >= 15 is 0 Å². The molecule has 46 heavy (non-hydrogen) atoms. The largest absolute Gasteiger partial charge is 0.490 e. The summed E-state index contributed by atoms with van der Waals surface area (Å²) < 4.78 is 18.8. The number of allylic oxidation sites excluding steroid dienone is 1. The molecule has 4 N–H and O–H groups in total. The lowest BCUT2D eigenvalue weighted by atomic mass is 9.95. The van der Waals surface area contributed by atoms with Gasteiger partial charge in [0.2, 0.25) is 0 Å². The second kappa shape index (κ2) is 14.4. The van der Waals surface area contributed by atoms with Crippen LogP contribution in [-0.2, 0) is 16.1 Å². The molecule has 1 aliphatic rings. The quantitative estimate of drug-likeness (QED) is 0.0722. The maximum atomic E-state index is 12.5. The van der Waals surface area contributed by atoms with Gasteiger partial charge in [0.05, 0.1) is 31.5 Å². The number of halogens is 1. The van der Waals surface area contributed by atoms with Crippen LogP contribution in [0.1, 0.15) is 42.3 Å². The van der Waals surface area contributed by atoms with Gasteiger partial charge < -0.3 is 34.5 Å². The zero-order valence-corrected chi connectivity index (χ0v) is 26.7. The first-order valence-corrected chi connectivity index (χ1v) is 15.1. The number of methoxy groups -OCH3 is 1. The van der Waals surface area contributed by atoms with Crippen LogP contribution in [0.4, 0.5) is 4.79 Å². The number of nitrogens with zero attached hydrogens (tertiary/aromatic N) is 2. The summed E-state index contributed by atoms with van der Waals surface area (Å²) in [6, 6.07) is 19.7. The molecule has 12 heteroatoms. The summed E-state index contributed by atoms with van der Waals surface area (Å²) in [6.07, 6.45) is 0.558. The Balaban J connectivity index is 1.28. The summed E-state index contributed by atoms with van der Waals surface area (Å²) >= 11 is 6.22. The van der Waals surface area contributed by atoms with E-state index in [0.29, 0.717) is 40.9 Å². The number of aliphatic hydroxyl groups is 1. The molecular formula is C34H36ClN5O6. The normalized spacial score (nSPS) is 15.4. The fourth-order valence-corrected chi connectivity index (χ4v) is 5.67. The average Bonchev–Trinajstić information content (AvgIpc) is 3.29. The van der Waals surface area contributed by atoms with E-state index in [9.17, 15) is 14.7 Å². The van der Waals surface area contributed by atoms with Gasteiger partial charge in [0.1, 0.15) is 6.61 Å². The molecule has 11 nitrogen and oxygen atoms in total. The van der Waals surface area contributed by atoms with Gasteiger partial charge in [-0.05, 0) is 62.2 Å². The molecular weight excluding hydrogens is 610 g/mol. The topological polar surface area (TPSA) is 135 Å². The van der Waals surface area contributed by atoms with Gasteiger partial charge in [-0.3, -0.25) is 5.43 Å². The maximum absolute atomic E-state index is 12.5. The number of amides is 2. The van der Waals surface area contributed by atoms with Gasteiger partial charge in [-0.25, -0.2) is 9.59 Å². The minimum Gasteiger partial charge on any atom is -0.490 e. The fourth-order valence-electron chi connectivity index (χ4n) is 5.45. The molecule has 0 aliphatic carbocycles. The Labute approximate surface area is 271 Å². The molecule has 0 saturated heterocycles. The Bertz CT molecular complexity index is 1820. The Kier molecular flexibility index (Phi) is 10.1. The standard InChI is InChI=1S/C34H36ClN5O6/c1-5-45-29-16-23(32-31(33(42)44-4)20(2)37-34(43)38-32)13-14-28(29)46-19-30(41)39-36-17-26-21(3)40(27-12-7-6-11-25(26)27)18-22-9-8-10-24(35)15-22/h6-17,30,32,39,41H,5,18-19H2,1-4H3,(H2,37,38,43)/b36-17+/t30-,32+/m1/s1. The molecule has 3 aromatic carbocycles. The third-order valence-corrected chi connectivity index (χ3v) is 7.83. The van der Waals surface area contributed by atoms with Crippen LogP contribution in [0.25, 0.3) is 10.9 Å². The Hall–Kier alpha value is -5.00. The van der Waals surface area contributed by atoms with E-state index in [1.54, 1.807) is 31.3 Å². The van der Waals surface area contributed by atoms with E-state index in [-0.39, 0.29) is 12.2 Å². The lowest BCUT2D eigenvalue weighted by molar-refractivity contribution is -0.136. The number of hydrazone groups is 1. The number of esters is 1. The molecule has 240 valence electrons. The smallest absolute Gasteiger partial charge is 0.337 e. The number of nitrogens with one attached hydrogen (secondary N) is 3. The highest BCUT2D eigenvalue weighted by Gasteiger charge is 2.32. The molecule has 0 bridgehead atoms. The second-order valence-corrected chi connectivity index (χ2v) is 11.1. The zero-order chi connectivity index (χ0) is 32.8. The van der Waals surface area contributed by atoms with Gasteiger partial charge in [0, 0.05) is 39.4 Å². The fraction of sp³-hybridized carbons (Fsp3) is 0.265. The first-order chi connectivity index (χ1) is 22.2.